The number of hydrogen-bond donors (Lipinski definition) is 3. The first-order valence-electron chi connectivity index (χ1n) is 7.13. The predicted molar refractivity (Wildman–Crippen MR) is 88.5 cm³/mol. The summed E-state index contributed by atoms with van der Waals surface area (Å²) in [6.07, 6.45) is 0.627. The minimum atomic E-state index is -0.568. The molecule has 3 rings (SSSR count). The summed E-state index contributed by atoms with van der Waals surface area (Å²) in [7, 11) is 0. The van der Waals surface area contributed by atoms with E-state index in [0.29, 0.717) is 18.0 Å². The molecule has 23 heavy (non-hydrogen) atoms. The van der Waals surface area contributed by atoms with Crippen LogP contribution in [0.5, 0.6) is 0 Å². The van der Waals surface area contributed by atoms with Crippen LogP contribution in [0.25, 0.3) is 0 Å². The van der Waals surface area contributed by atoms with Crippen molar-refractivity contribution in [2.24, 2.45) is 10.9 Å². The summed E-state index contributed by atoms with van der Waals surface area (Å²) < 4.78 is 27.4. The molecule has 0 radical (unpaired) electrons. The van der Waals surface area contributed by atoms with Gasteiger partial charge in [-0.25, -0.2) is 8.78 Å². The third-order valence-electron chi connectivity index (χ3n) is 3.63. The van der Waals surface area contributed by atoms with Crippen molar-refractivity contribution in [2.75, 3.05) is 6.54 Å². The van der Waals surface area contributed by atoms with Crippen molar-refractivity contribution in [1.29, 1.82) is 0 Å². The van der Waals surface area contributed by atoms with Crippen LogP contribution < -0.4 is 16.7 Å². The number of hydrazone groups is 1. The van der Waals surface area contributed by atoms with Crippen molar-refractivity contribution >= 4 is 16.8 Å². The first-order chi connectivity index (χ1) is 11.1. The van der Waals surface area contributed by atoms with E-state index in [4.69, 9.17) is 5.84 Å². The Morgan fingerprint density at radius 1 is 1.17 bits per heavy atom. The summed E-state index contributed by atoms with van der Waals surface area (Å²) in [5, 5.41) is 4.66. The number of hydrogen-bond acceptors (Lipinski definition) is 5. The summed E-state index contributed by atoms with van der Waals surface area (Å²) >= 11 is 1.36. The van der Waals surface area contributed by atoms with Crippen LogP contribution >= 0.6 is 11.8 Å². The Kier molecular flexibility index (Phi) is 4.61. The zero-order chi connectivity index (χ0) is 16.3. The van der Waals surface area contributed by atoms with Gasteiger partial charge in [-0.3, -0.25) is 16.7 Å². The molecule has 0 spiro atoms. The molecule has 4 nitrogen and oxygen atoms in total. The summed E-state index contributed by atoms with van der Waals surface area (Å²) in [5.41, 5.74) is 6.86. The van der Waals surface area contributed by atoms with Gasteiger partial charge in [-0.15, -0.1) is 0 Å². The Labute approximate surface area is 137 Å². The average Bonchev–Trinajstić information content (AvgIpc) is 3.01. The van der Waals surface area contributed by atoms with Gasteiger partial charge >= 0.3 is 0 Å². The zero-order valence-electron chi connectivity index (χ0n) is 12.2. The molecule has 0 aliphatic carbocycles. The first kappa shape index (κ1) is 15.9. The highest BCUT2D eigenvalue weighted by Gasteiger charge is 2.39. The third kappa shape index (κ3) is 3.21. The molecular weight excluding hydrogens is 318 g/mol. The van der Waals surface area contributed by atoms with Crippen LogP contribution in [0.1, 0.15) is 17.5 Å². The molecule has 1 aliphatic rings. The second-order valence-corrected chi connectivity index (χ2v) is 6.44. The lowest BCUT2D eigenvalue weighted by Crippen LogP contribution is -2.37. The molecule has 7 heteroatoms. The van der Waals surface area contributed by atoms with Gasteiger partial charge in [-0.2, -0.15) is 5.10 Å². The molecule has 2 aromatic carbocycles. The Hall–Kier alpha value is -1.96. The molecule has 0 aromatic heterocycles. The van der Waals surface area contributed by atoms with E-state index < -0.39 is 16.5 Å². The molecule has 0 saturated heterocycles. The van der Waals surface area contributed by atoms with Crippen molar-refractivity contribution in [1.82, 2.24) is 10.9 Å². The lowest BCUT2D eigenvalue weighted by molar-refractivity contribution is 0.461. The molecule has 120 valence electrons. The van der Waals surface area contributed by atoms with Gasteiger partial charge in [0.25, 0.3) is 0 Å². The van der Waals surface area contributed by atoms with Crippen molar-refractivity contribution in [3.05, 3.63) is 71.3 Å². The van der Waals surface area contributed by atoms with Crippen molar-refractivity contribution in [2.45, 2.75) is 11.3 Å². The Morgan fingerprint density at radius 3 is 2.70 bits per heavy atom. The molecular formula is C16H16F2N4S. The van der Waals surface area contributed by atoms with E-state index in [1.54, 1.807) is 0 Å². The molecule has 2 aromatic rings. The Bertz CT molecular complexity index is 723. The van der Waals surface area contributed by atoms with E-state index in [9.17, 15) is 8.78 Å². The van der Waals surface area contributed by atoms with Crippen molar-refractivity contribution in [3.8, 4) is 0 Å². The van der Waals surface area contributed by atoms with Crippen LogP contribution in [-0.4, -0.2) is 11.6 Å². The van der Waals surface area contributed by atoms with Crippen molar-refractivity contribution in [3.63, 3.8) is 0 Å². The van der Waals surface area contributed by atoms with E-state index in [2.05, 4.69) is 16.0 Å². The Morgan fingerprint density at radius 2 is 1.96 bits per heavy atom. The van der Waals surface area contributed by atoms with E-state index in [-0.39, 0.29) is 5.56 Å². The van der Waals surface area contributed by atoms with Gasteiger partial charge in [0.15, 0.2) is 0 Å². The van der Waals surface area contributed by atoms with Gasteiger partial charge in [-0.1, -0.05) is 42.1 Å². The van der Waals surface area contributed by atoms with Gasteiger partial charge in [0.1, 0.15) is 21.5 Å². The number of benzene rings is 2. The second kappa shape index (κ2) is 6.66. The average molecular weight is 334 g/mol. The molecule has 0 amide bonds. The van der Waals surface area contributed by atoms with Crippen molar-refractivity contribution < 1.29 is 8.78 Å². The maximum atomic E-state index is 14.0. The van der Waals surface area contributed by atoms with Crippen LogP contribution in [0.3, 0.4) is 0 Å². The number of thioether (sulfide) groups is 1. The number of nitrogens with zero attached hydrogens (tertiary/aromatic N) is 1. The lowest BCUT2D eigenvalue weighted by atomic mass is 10.0. The second-order valence-electron chi connectivity index (χ2n) is 5.15. The first-order valence-corrected chi connectivity index (χ1v) is 7.94. The number of hydrazine groups is 1. The summed E-state index contributed by atoms with van der Waals surface area (Å²) in [6.45, 7) is 0.545. The van der Waals surface area contributed by atoms with E-state index in [0.717, 1.165) is 23.8 Å². The highest BCUT2D eigenvalue weighted by atomic mass is 32.2. The fraction of sp³-hybridized carbons (Fsp3) is 0.188. The molecule has 1 atom stereocenters. The SMILES string of the molecule is NNCCC1(c2ccccc2)NN=C(c2cc(F)ccc2F)S1. The highest BCUT2D eigenvalue weighted by Crippen LogP contribution is 2.43. The van der Waals surface area contributed by atoms with Gasteiger partial charge in [0.05, 0.1) is 0 Å². The molecule has 0 saturated carbocycles. The van der Waals surface area contributed by atoms with E-state index in [1.165, 1.54) is 11.8 Å². The molecule has 1 unspecified atom stereocenters. The maximum Gasteiger partial charge on any atom is 0.133 e. The lowest BCUT2D eigenvalue weighted by Gasteiger charge is -2.28. The van der Waals surface area contributed by atoms with Gasteiger partial charge < -0.3 is 0 Å². The third-order valence-corrected chi connectivity index (χ3v) is 5.01. The fourth-order valence-electron chi connectivity index (χ4n) is 2.46. The fourth-order valence-corrected chi connectivity index (χ4v) is 3.70. The topological polar surface area (TPSA) is 62.4 Å². The smallest absolute Gasteiger partial charge is 0.133 e. The minimum Gasteiger partial charge on any atom is -0.288 e. The number of halogens is 2. The van der Waals surface area contributed by atoms with Crippen LogP contribution in [0.15, 0.2) is 53.6 Å². The summed E-state index contributed by atoms with van der Waals surface area (Å²) in [4.78, 5) is -0.568. The number of nitrogens with one attached hydrogen (secondary N) is 2. The molecule has 0 bridgehead atoms. The van der Waals surface area contributed by atoms with Gasteiger partial charge in [-0.05, 0) is 30.2 Å². The van der Waals surface area contributed by atoms with Gasteiger partial charge in [0.2, 0.25) is 0 Å². The number of nitrogens with two attached hydrogens (primary N) is 1. The standard InChI is InChI=1S/C16H16F2N4S/c17-12-6-7-14(18)13(10-12)15-21-22-16(23-15,8-9-20-19)11-4-2-1-3-5-11/h1-7,10,20,22H,8-9,19H2. The quantitative estimate of drug-likeness (QED) is 0.581. The zero-order valence-corrected chi connectivity index (χ0v) is 13.0. The van der Waals surface area contributed by atoms with E-state index >= 15 is 0 Å². The maximum absolute atomic E-state index is 14.0. The van der Waals surface area contributed by atoms with Crippen LogP contribution in [-0.2, 0) is 4.87 Å². The molecule has 0 fully saturated rings. The Balaban J connectivity index is 1.92. The summed E-state index contributed by atoms with van der Waals surface area (Å²) in [6, 6.07) is 13.1. The minimum absolute atomic E-state index is 0.154. The largest absolute Gasteiger partial charge is 0.288 e. The number of rotatable bonds is 5. The van der Waals surface area contributed by atoms with Crippen LogP contribution in [0.4, 0.5) is 8.78 Å². The van der Waals surface area contributed by atoms with Crippen LogP contribution in [0, 0.1) is 11.6 Å². The molecule has 4 N–H and O–H groups in total. The van der Waals surface area contributed by atoms with Gasteiger partial charge in [0, 0.05) is 12.1 Å². The molecule has 1 heterocycles. The summed E-state index contributed by atoms with van der Waals surface area (Å²) in [5.74, 6) is 4.40. The van der Waals surface area contributed by atoms with E-state index in [1.807, 2.05) is 30.3 Å². The van der Waals surface area contributed by atoms with Crippen LogP contribution in [0.2, 0.25) is 0 Å². The molecule has 1 aliphatic heterocycles. The normalized spacial score (nSPS) is 20.2. The highest BCUT2D eigenvalue weighted by molar-refractivity contribution is 8.15. The predicted octanol–water partition coefficient (Wildman–Crippen LogP) is 2.67. The monoisotopic (exact) mass is 334 g/mol.